The number of halogens is 1. The molecule has 0 amide bonds. The molecule has 4 aromatic rings. The number of rotatable bonds is 5. The van der Waals surface area contributed by atoms with Gasteiger partial charge in [0.25, 0.3) is 0 Å². The van der Waals surface area contributed by atoms with E-state index in [0.717, 1.165) is 39.1 Å². The van der Waals surface area contributed by atoms with Gasteiger partial charge < -0.3 is 5.32 Å². The fraction of sp³-hybridized carbons (Fsp3) is 0.182. The number of benzene rings is 2. The van der Waals surface area contributed by atoms with Crippen molar-refractivity contribution in [3.05, 3.63) is 65.9 Å². The number of fused-ring (bicyclic) bond motifs is 3. The van der Waals surface area contributed by atoms with E-state index >= 15 is 0 Å². The van der Waals surface area contributed by atoms with Crippen molar-refractivity contribution >= 4 is 22.4 Å². The van der Waals surface area contributed by atoms with Gasteiger partial charge in [-0.3, -0.25) is 8.79 Å². The molecular weight excluding hydrogens is 339 g/mol. The van der Waals surface area contributed by atoms with Gasteiger partial charge in [-0.1, -0.05) is 18.2 Å². The molecule has 0 unspecified atom stereocenters. The van der Waals surface area contributed by atoms with Crippen LogP contribution in [0.25, 0.3) is 27.8 Å². The minimum atomic E-state index is -0.318. The fourth-order valence-corrected chi connectivity index (χ4v) is 3.40. The third-order valence-corrected chi connectivity index (χ3v) is 4.72. The number of alkyl halides is 1. The highest BCUT2D eigenvalue weighted by Gasteiger charge is 2.16. The van der Waals surface area contributed by atoms with Crippen molar-refractivity contribution in [2.45, 2.75) is 13.3 Å². The van der Waals surface area contributed by atoms with Crippen LogP contribution in [0.3, 0.4) is 0 Å². The average Bonchev–Trinajstić information content (AvgIpc) is 3.07. The third-order valence-electron chi connectivity index (χ3n) is 4.72. The number of aryl methyl sites for hydroxylation is 1. The Morgan fingerprint density at radius 1 is 1.19 bits per heavy atom. The van der Waals surface area contributed by atoms with Crippen LogP contribution in [0.1, 0.15) is 17.5 Å². The Hall–Kier alpha value is -3.39. The quantitative estimate of drug-likeness (QED) is 0.505. The monoisotopic (exact) mass is 358 g/mol. The topological polar surface area (TPSA) is 53.1 Å². The van der Waals surface area contributed by atoms with E-state index in [-0.39, 0.29) is 6.67 Å². The average molecular weight is 358 g/mol. The van der Waals surface area contributed by atoms with E-state index in [1.54, 1.807) is 0 Å². The normalized spacial score (nSPS) is 11.0. The second-order valence-corrected chi connectivity index (χ2v) is 6.51. The van der Waals surface area contributed by atoms with Crippen LogP contribution in [0, 0.1) is 18.3 Å². The van der Waals surface area contributed by atoms with Crippen molar-refractivity contribution in [2.75, 3.05) is 18.5 Å². The van der Waals surface area contributed by atoms with Crippen LogP contribution in [-0.4, -0.2) is 22.6 Å². The van der Waals surface area contributed by atoms with E-state index in [0.29, 0.717) is 18.5 Å². The maximum atomic E-state index is 12.3. The SMILES string of the molecule is Cc1cc(-c2ccc(NCCCF)cc2)c2c(nc3ccccn32)c1C#N. The zero-order chi connectivity index (χ0) is 18.8. The van der Waals surface area contributed by atoms with Gasteiger partial charge in [0.2, 0.25) is 0 Å². The van der Waals surface area contributed by atoms with E-state index in [4.69, 9.17) is 4.98 Å². The van der Waals surface area contributed by atoms with Crippen LogP contribution in [0.15, 0.2) is 54.7 Å². The maximum Gasteiger partial charge on any atom is 0.137 e. The van der Waals surface area contributed by atoms with Crippen molar-refractivity contribution in [3.8, 4) is 17.2 Å². The minimum Gasteiger partial charge on any atom is -0.385 e. The van der Waals surface area contributed by atoms with E-state index in [9.17, 15) is 9.65 Å². The molecule has 0 aliphatic rings. The summed E-state index contributed by atoms with van der Waals surface area (Å²) >= 11 is 0. The molecule has 0 radical (unpaired) electrons. The number of aromatic nitrogens is 2. The summed E-state index contributed by atoms with van der Waals surface area (Å²) in [5.74, 6) is 0. The Kier molecular flexibility index (Phi) is 4.47. The molecule has 0 saturated heterocycles. The molecule has 0 aliphatic carbocycles. The van der Waals surface area contributed by atoms with Gasteiger partial charge in [0.15, 0.2) is 0 Å². The zero-order valence-corrected chi connectivity index (χ0v) is 15.0. The first kappa shape index (κ1) is 17.0. The number of nitrogens with zero attached hydrogens (tertiary/aromatic N) is 3. The Morgan fingerprint density at radius 3 is 2.74 bits per heavy atom. The molecule has 0 atom stereocenters. The van der Waals surface area contributed by atoms with Crippen molar-refractivity contribution in [2.24, 2.45) is 0 Å². The highest BCUT2D eigenvalue weighted by molar-refractivity contribution is 5.98. The first-order chi connectivity index (χ1) is 13.2. The first-order valence-corrected chi connectivity index (χ1v) is 8.93. The van der Waals surface area contributed by atoms with Crippen LogP contribution < -0.4 is 5.32 Å². The predicted octanol–water partition coefficient (Wildman–Crippen LogP) is 5.11. The summed E-state index contributed by atoms with van der Waals surface area (Å²) < 4.78 is 14.3. The molecular formula is C22H19FN4. The number of hydrogen-bond donors (Lipinski definition) is 1. The first-order valence-electron chi connectivity index (χ1n) is 8.93. The number of nitrogens with one attached hydrogen (secondary N) is 1. The maximum absolute atomic E-state index is 12.3. The second-order valence-electron chi connectivity index (χ2n) is 6.51. The molecule has 5 heteroatoms. The van der Waals surface area contributed by atoms with Crippen molar-refractivity contribution in [1.29, 1.82) is 5.26 Å². The van der Waals surface area contributed by atoms with Gasteiger partial charge in [0.05, 0.1) is 17.8 Å². The summed E-state index contributed by atoms with van der Waals surface area (Å²) in [6.45, 7) is 2.24. The highest BCUT2D eigenvalue weighted by atomic mass is 19.1. The van der Waals surface area contributed by atoms with Crippen molar-refractivity contribution in [1.82, 2.24) is 9.38 Å². The molecule has 2 heterocycles. The van der Waals surface area contributed by atoms with Gasteiger partial charge in [-0.05, 0) is 54.8 Å². The highest BCUT2D eigenvalue weighted by Crippen LogP contribution is 2.34. The lowest BCUT2D eigenvalue weighted by molar-refractivity contribution is 0.481. The lowest BCUT2D eigenvalue weighted by Crippen LogP contribution is -2.01. The number of anilines is 1. The number of nitriles is 1. The molecule has 2 aromatic carbocycles. The smallest absolute Gasteiger partial charge is 0.137 e. The van der Waals surface area contributed by atoms with Gasteiger partial charge in [0.1, 0.15) is 17.2 Å². The molecule has 134 valence electrons. The van der Waals surface area contributed by atoms with Crippen LogP contribution in [0.5, 0.6) is 0 Å². The number of pyridine rings is 1. The van der Waals surface area contributed by atoms with Gasteiger partial charge >= 0.3 is 0 Å². The molecule has 2 aromatic heterocycles. The largest absolute Gasteiger partial charge is 0.385 e. The Balaban J connectivity index is 1.88. The van der Waals surface area contributed by atoms with E-state index in [2.05, 4.69) is 11.4 Å². The van der Waals surface area contributed by atoms with Gasteiger partial charge in [-0.25, -0.2) is 4.98 Å². The summed E-state index contributed by atoms with van der Waals surface area (Å²) in [4.78, 5) is 4.69. The van der Waals surface area contributed by atoms with E-state index in [1.165, 1.54) is 0 Å². The van der Waals surface area contributed by atoms with Gasteiger partial charge in [0, 0.05) is 24.0 Å². The minimum absolute atomic E-state index is 0.318. The fourth-order valence-electron chi connectivity index (χ4n) is 3.40. The summed E-state index contributed by atoms with van der Waals surface area (Å²) in [5.41, 5.74) is 7.06. The molecule has 0 spiro atoms. The number of hydrogen-bond acceptors (Lipinski definition) is 3. The van der Waals surface area contributed by atoms with Crippen molar-refractivity contribution < 1.29 is 4.39 Å². The van der Waals surface area contributed by atoms with Crippen LogP contribution >= 0.6 is 0 Å². The van der Waals surface area contributed by atoms with Gasteiger partial charge in [-0.2, -0.15) is 5.26 Å². The Labute approximate surface area is 156 Å². The number of imidazole rings is 1. The molecule has 0 saturated carbocycles. The van der Waals surface area contributed by atoms with Crippen LogP contribution in [0.2, 0.25) is 0 Å². The molecule has 0 aliphatic heterocycles. The molecule has 4 rings (SSSR count). The standard InChI is InChI=1S/C22H19FN4/c1-15-13-18(16-6-8-17(9-7-16)25-11-4-10-23)22-21(19(15)14-24)26-20-5-2-3-12-27(20)22/h2-3,5-9,12-13,25H,4,10-11H2,1H3. The molecule has 0 fully saturated rings. The zero-order valence-electron chi connectivity index (χ0n) is 15.0. The third kappa shape index (κ3) is 3.00. The van der Waals surface area contributed by atoms with Crippen LogP contribution in [0.4, 0.5) is 10.1 Å². The van der Waals surface area contributed by atoms with E-state index < -0.39 is 0 Å². The Bertz CT molecular complexity index is 1150. The molecule has 1 N–H and O–H groups in total. The lowest BCUT2D eigenvalue weighted by atomic mass is 9.97. The summed E-state index contributed by atoms with van der Waals surface area (Å²) in [7, 11) is 0. The summed E-state index contributed by atoms with van der Waals surface area (Å²) in [5, 5.41) is 12.8. The Morgan fingerprint density at radius 2 is 2.00 bits per heavy atom. The molecule has 4 nitrogen and oxygen atoms in total. The van der Waals surface area contributed by atoms with Gasteiger partial charge in [-0.15, -0.1) is 0 Å². The second kappa shape index (κ2) is 7.08. The molecule has 27 heavy (non-hydrogen) atoms. The summed E-state index contributed by atoms with van der Waals surface area (Å²) in [6, 6.07) is 18.3. The lowest BCUT2D eigenvalue weighted by Gasteiger charge is -2.10. The van der Waals surface area contributed by atoms with Crippen molar-refractivity contribution in [3.63, 3.8) is 0 Å². The molecule has 0 bridgehead atoms. The van der Waals surface area contributed by atoms with E-state index in [1.807, 2.05) is 66.1 Å². The van der Waals surface area contributed by atoms with Crippen LogP contribution in [-0.2, 0) is 0 Å². The predicted molar refractivity (Wildman–Crippen MR) is 107 cm³/mol. The summed E-state index contributed by atoms with van der Waals surface area (Å²) in [6.07, 6.45) is 2.47.